The number of anilines is 1. The lowest BCUT2D eigenvalue weighted by molar-refractivity contribution is 0.0981. The monoisotopic (exact) mass is 404 g/mol. The van der Waals surface area contributed by atoms with Crippen molar-refractivity contribution in [2.24, 2.45) is 0 Å². The second-order valence-electron chi connectivity index (χ2n) is 6.09. The maximum atomic E-state index is 12.4. The van der Waals surface area contributed by atoms with Crippen molar-refractivity contribution in [3.63, 3.8) is 0 Å². The van der Waals surface area contributed by atoms with E-state index in [0.717, 1.165) is 12.8 Å². The number of hydrogen-bond acceptors (Lipinski definition) is 5. The summed E-state index contributed by atoms with van der Waals surface area (Å²) in [5.41, 5.74) is 0.649. The smallest absolute Gasteiger partial charge is 0.407 e. The zero-order valence-electron chi connectivity index (χ0n) is 15.7. The van der Waals surface area contributed by atoms with Crippen LogP contribution >= 0.6 is 0 Å². The summed E-state index contributed by atoms with van der Waals surface area (Å²) in [6.45, 7) is 2.48. The number of unbranched alkanes of at least 4 members (excludes halogenated alkanes) is 1. The minimum atomic E-state index is -3.73. The van der Waals surface area contributed by atoms with Gasteiger partial charge in [0.25, 0.3) is 10.0 Å². The Labute approximate surface area is 165 Å². The normalized spacial score (nSPS) is 10.9. The van der Waals surface area contributed by atoms with Gasteiger partial charge in [0.2, 0.25) is 0 Å². The van der Waals surface area contributed by atoms with Crippen molar-refractivity contribution in [1.82, 2.24) is 5.32 Å². The number of hydrogen-bond donors (Lipinski definition) is 2. The number of Topliss-reactive ketones (excluding diaryl/α,β-unsaturated/α-hetero) is 1. The molecule has 8 heteroatoms. The predicted molar refractivity (Wildman–Crippen MR) is 107 cm³/mol. The molecule has 0 aliphatic rings. The molecule has 0 radical (unpaired) electrons. The Balaban J connectivity index is 1.92. The quantitative estimate of drug-likeness (QED) is 0.465. The standard InChI is InChI=1S/C20H24N2O5S/c1-2-3-14-27-20(24)21-13-12-19(23)16-8-7-9-17(15-16)22-28(25,26)18-10-5-4-6-11-18/h4-11,15,22H,2-3,12-14H2,1H3,(H,21,24). The van der Waals surface area contributed by atoms with Crippen LogP contribution in [0.4, 0.5) is 10.5 Å². The number of ketones is 1. The molecule has 0 aliphatic heterocycles. The molecule has 0 atom stereocenters. The molecule has 2 aromatic carbocycles. The van der Waals surface area contributed by atoms with Crippen LogP contribution in [0.2, 0.25) is 0 Å². The molecule has 2 aromatic rings. The lowest BCUT2D eigenvalue weighted by atomic mass is 10.1. The van der Waals surface area contributed by atoms with Crippen molar-refractivity contribution in [1.29, 1.82) is 0 Å². The van der Waals surface area contributed by atoms with Crippen molar-refractivity contribution in [2.45, 2.75) is 31.1 Å². The molecular weight excluding hydrogens is 380 g/mol. The Kier molecular flexibility index (Phi) is 8.01. The number of rotatable bonds is 10. The number of ether oxygens (including phenoxy) is 1. The number of amides is 1. The van der Waals surface area contributed by atoms with E-state index in [1.807, 2.05) is 6.92 Å². The highest BCUT2D eigenvalue weighted by Gasteiger charge is 2.14. The van der Waals surface area contributed by atoms with E-state index < -0.39 is 16.1 Å². The molecule has 0 aliphatic carbocycles. The number of benzene rings is 2. The fourth-order valence-corrected chi connectivity index (χ4v) is 3.42. The summed E-state index contributed by atoms with van der Waals surface area (Å²) in [4.78, 5) is 23.9. The average molecular weight is 404 g/mol. The first-order chi connectivity index (χ1) is 13.4. The van der Waals surface area contributed by atoms with Gasteiger partial charge in [-0.05, 0) is 30.7 Å². The Morgan fingerprint density at radius 2 is 1.79 bits per heavy atom. The minimum absolute atomic E-state index is 0.0811. The Morgan fingerprint density at radius 3 is 2.50 bits per heavy atom. The molecule has 0 saturated carbocycles. The summed E-state index contributed by atoms with van der Waals surface area (Å²) in [6.07, 6.45) is 1.25. The Morgan fingerprint density at radius 1 is 1.04 bits per heavy atom. The first-order valence-electron chi connectivity index (χ1n) is 9.04. The molecule has 0 unspecified atom stereocenters. The highest BCUT2D eigenvalue weighted by atomic mass is 32.2. The van der Waals surface area contributed by atoms with Crippen LogP contribution in [0.15, 0.2) is 59.5 Å². The summed E-state index contributed by atoms with van der Waals surface area (Å²) in [6, 6.07) is 14.2. The van der Waals surface area contributed by atoms with Crippen LogP contribution < -0.4 is 10.0 Å². The van der Waals surface area contributed by atoms with E-state index in [2.05, 4.69) is 10.0 Å². The predicted octanol–water partition coefficient (Wildman–Crippen LogP) is 3.59. The van der Waals surface area contributed by atoms with Gasteiger partial charge in [0, 0.05) is 24.2 Å². The molecule has 0 saturated heterocycles. The molecule has 150 valence electrons. The second kappa shape index (κ2) is 10.5. The zero-order valence-corrected chi connectivity index (χ0v) is 16.5. The third kappa shape index (κ3) is 6.70. The van der Waals surface area contributed by atoms with Crippen molar-refractivity contribution < 1.29 is 22.7 Å². The Hall–Kier alpha value is -2.87. The summed E-state index contributed by atoms with van der Waals surface area (Å²) >= 11 is 0. The van der Waals surface area contributed by atoms with Gasteiger partial charge in [0.1, 0.15) is 0 Å². The first kappa shape index (κ1) is 21.4. The topological polar surface area (TPSA) is 102 Å². The molecule has 0 spiro atoms. The molecule has 28 heavy (non-hydrogen) atoms. The zero-order chi connectivity index (χ0) is 20.4. The van der Waals surface area contributed by atoms with Crippen molar-refractivity contribution in [3.05, 3.63) is 60.2 Å². The highest BCUT2D eigenvalue weighted by molar-refractivity contribution is 7.92. The van der Waals surface area contributed by atoms with E-state index in [1.54, 1.807) is 36.4 Å². The fraction of sp³-hybridized carbons (Fsp3) is 0.300. The van der Waals surface area contributed by atoms with Gasteiger partial charge in [0.05, 0.1) is 11.5 Å². The van der Waals surface area contributed by atoms with Crippen molar-refractivity contribution >= 4 is 27.6 Å². The molecule has 1 amide bonds. The van der Waals surface area contributed by atoms with E-state index in [9.17, 15) is 18.0 Å². The maximum Gasteiger partial charge on any atom is 0.407 e. The van der Waals surface area contributed by atoms with E-state index >= 15 is 0 Å². The molecule has 7 nitrogen and oxygen atoms in total. The van der Waals surface area contributed by atoms with Crippen molar-refractivity contribution in [3.8, 4) is 0 Å². The summed E-state index contributed by atoms with van der Waals surface area (Å²) in [5.74, 6) is -0.213. The lowest BCUT2D eigenvalue weighted by Gasteiger charge is -2.10. The molecule has 0 aromatic heterocycles. The molecular formula is C20H24N2O5S. The van der Waals surface area contributed by atoms with Gasteiger partial charge in [-0.3, -0.25) is 9.52 Å². The SMILES string of the molecule is CCCCOC(=O)NCCC(=O)c1cccc(NS(=O)(=O)c2ccccc2)c1. The summed E-state index contributed by atoms with van der Waals surface area (Å²) < 4.78 is 32.2. The maximum absolute atomic E-state index is 12.4. The van der Waals surface area contributed by atoms with Gasteiger partial charge < -0.3 is 10.1 Å². The Bertz CT molecular complexity index is 898. The molecule has 0 fully saturated rings. The molecule has 0 heterocycles. The minimum Gasteiger partial charge on any atom is -0.450 e. The number of sulfonamides is 1. The van der Waals surface area contributed by atoms with Crippen LogP contribution in [0.3, 0.4) is 0 Å². The first-order valence-corrected chi connectivity index (χ1v) is 10.5. The van der Waals surface area contributed by atoms with Crippen LogP contribution in [0.5, 0.6) is 0 Å². The number of carbonyl (C=O) groups is 2. The lowest BCUT2D eigenvalue weighted by Crippen LogP contribution is -2.27. The molecule has 2 N–H and O–H groups in total. The van der Waals surface area contributed by atoms with E-state index in [4.69, 9.17) is 4.74 Å². The van der Waals surface area contributed by atoms with Gasteiger partial charge in [-0.2, -0.15) is 0 Å². The molecule has 2 rings (SSSR count). The fourth-order valence-electron chi connectivity index (χ4n) is 2.35. The third-order valence-corrected chi connectivity index (χ3v) is 5.24. The van der Waals surface area contributed by atoms with Crippen LogP contribution in [-0.2, 0) is 14.8 Å². The largest absolute Gasteiger partial charge is 0.450 e. The van der Waals surface area contributed by atoms with Crippen LogP contribution in [0.25, 0.3) is 0 Å². The number of carbonyl (C=O) groups excluding carboxylic acids is 2. The summed E-state index contributed by atoms with van der Waals surface area (Å²) in [7, 11) is -3.73. The van der Waals surface area contributed by atoms with Gasteiger partial charge in [-0.25, -0.2) is 13.2 Å². The van der Waals surface area contributed by atoms with E-state index in [-0.39, 0.29) is 23.6 Å². The van der Waals surface area contributed by atoms with Gasteiger partial charge in [-0.1, -0.05) is 43.7 Å². The third-order valence-electron chi connectivity index (χ3n) is 3.84. The molecule has 0 bridgehead atoms. The van der Waals surface area contributed by atoms with Gasteiger partial charge >= 0.3 is 6.09 Å². The van der Waals surface area contributed by atoms with E-state index in [1.165, 1.54) is 18.2 Å². The van der Waals surface area contributed by atoms with Gasteiger partial charge in [0.15, 0.2) is 5.78 Å². The number of alkyl carbamates (subject to hydrolysis) is 1. The number of nitrogens with one attached hydrogen (secondary N) is 2. The van der Waals surface area contributed by atoms with Crippen LogP contribution in [0.1, 0.15) is 36.5 Å². The van der Waals surface area contributed by atoms with Crippen molar-refractivity contribution in [2.75, 3.05) is 17.9 Å². The second-order valence-corrected chi connectivity index (χ2v) is 7.77. The summed E-state index contributed by atoms with van der Waals surface area (Å²) in [5, 5.41) is 2.52. The van der Waals surface area contributed by atoms with Crippen LogP contribution in [0, 0.1) is 0 Å². The average Bonchev–Trinajstić information content (AvgIpc) is 2.68. The highest BCUT2D eigenvalue weighted by Crippen LogP contribution is 2.17. The van der Waals surface area contributed by atoms with E-state index in [0.29, 0.717) is 17.9 Å². The van der Waals surface area contributed by atoms with Gasteiger partial charge in [-0.15, -0.1) is 0 Å². The van der Waals surface area contributed by atoms with Crippen LogP contribution in [-0.4, -0.2) is 33.4 Å².